The highest BCUT2D eigenvalue weighted by molar-refractivity contribution is 7.01. The lowest BCUT2D eigenvalue weighted by atomic mass is 9.32. The third-order valence-electron chi connectivity index (χ3n) is 15.1. The van der Waals surface area contributed by atoms with Crippen LogP contribution in [0.25, 0.3) is 0 Å². The van der Waals surface area contributed by atoms with Gasteiger partial charge in [0.25, 0.3) is 13.4 Å². The summed E-state index contributed by atoms with van der Waals surface area (Å²) >= 11 is 0. The third kappa shape index (κ3) is 6.55. The van der Waals surface area contributed by atoms with E-state index in [2.05, 4.69) is 287 Å². The average molecular weight is 947 g/mol. The zero-order chi connectivity index (χ0) is 48.7. The van der Waals surface area contributed by atoms with E-state index in [0.29, 0.717) is 0 Å². The molecule has 0 bridgehead atoms. The largest absolute Gasteiger partial charge is 0.454 e. The van der Waals surface area contributed by atoms with Crippen molar-refractivity contribution in [2.45, 2.75) is 0 Å². The van der Waals surface area contributed by atoms with Crippen molar-refractivity contribution >= 4 is 114 Å². The van der Waals surface area contributed by atoms with Crippen molar-refractivity contribution in [3.63, 3.8) is 0 Å². The zero-order valence-electron chi connectivity index (χ0n) is 40.2. The highest BCUT2D eigenvalue weighted by Crippen LogP contribution is 2.50. The van der Waals surface area contributed by atoms with E-state index in [0.717, 1.165) is 113 Å². The van der Waals surface area contributed by atoms with Crippen LogP contribution in [0.3, 0.4) is 0 Å². The molecule has 0 radical (unpaired) electrons. The predicted octanol–water partition coefficient (Wildman–Crippen LogP) is 13.4. The standard InChI is InChI=1S/C66H44B2N4O2/c1-7-23-45(24-8-1)69(46-25-9-2-10-26-46)51-41-59-63-61(43-51)73-65-55(67(63)53-35-19-21-37-57(53)71(59)49-31-15-5-16-32-49)39-40-56-66(65)74-62-44-52(70(47-27-11-3-12-28-47)48-29-13-4-14-30-48)42-60-64(62)68(56)54-36-20-22-38-58(54)72(60)50-33-17-6-18-34-50/h1-44H. The van der Waals surface area contributed by atoms with Crippen molar-refractivity contribution in [2.24, 2.45) is 0 Å². The Hall–Kier alpha value is -9.65. The van der Waals surface area contributed by atoms with E-state index in [4.69, 9.17) is 9.47 Å². The van der Waals surface area contributed by atoms with Gasteiger partial charge >= 0.3 is 0 Å². The lowest BCUT2D eigenvalue weighted by Crippen LogP contribution is -2.62. The minimum absolute atomic E-state index is 0.160. The molecule has 0 saturated heterocycles. The summed E-state index contributed by atoms with van der Waals surface area (Å²) in [5.74, 6) is 3.05. The Morgan fingerprint density at radius 1 is 0.270 bits per heavy atom. The van der Waals surface area contributed by atoms with Crippen molar-refractivity contribution < 1.29 is 9.47 Å². The first kappa shape index (κ1) is 42.1. The van der Waals surface area contributed by atoms with E-state index >= 15 is 0 Å². The fourth-order valence-electron chi connectivity index (χ4n) is 12.1. The summed E-state index contributed by atoms with van der Waals surface area (Å²) in [5.41, 5.74) is 19.5. The maximum Gasteiger partial charge on any atom is 0.256 e. The number of fused-ring (bicyclic) bond motifs is 9. The molecule has 74 heavy (non-hydrogen) atoms. The Morgan fingerprint density at radius 2 is 0.581 bits per heavy atom. The van der Waals surface area contributed by atoms with Gasteiger partial charge in [-0.25, -0.2) is 0 Å². The Balaban J connectivity index is 0.986. The molecule has 0 aliphatic carbocycles. The maximum absolute atomic E-state index is 7.64. The van der Waals surface area contributed by atoms with Crippen LogP contribution in [0.4, 0.5) is 68.2 Å². The molecule has 346 valence electrons. The lowest BCUT2D eigenvalue weighted by molar-refractivity contribution is 0.424. The van der Waals surface area contributed by atoms with Crippen LogP contribution in [0.15, 0.2) is 267 Å². The molecule has 11 aromatic carbocycles. The molecule has 0 unspecified atom stereocenters. The molecule has 15 rings (SSSR count). The molecule has 8 heteroatoms. The number of rotatable bonds is 8. The second-order valence-electron chi connectivity index (χ2n) is 19.2. The number of para-hydroxylation sites is 8. The molecule has 0 spiro atoms. The summed E-state index contributed by atoms with van der Waals surface area (Å²) in [4.78, 5) is 9.47. The molecule has 0 atom stereocenters. The van der Waals surface area contributed by atoms with Crippen LogP contribution in [0.2, 0.25) is 0 Å². The van der Waals surface area contributed by atoms with E-state index in [1.54, 1.807) is 0 Å². The van der Waals surface area contributed by atoms with Crippen molar-refractivity contribution in [2.75, 3.05) is 19.6 Å². The van der Waals surface area contributed by atoms with Gasteiger partial charge in [-0.1, -0.05) is 158 Å². The summed E-state index contributed by atoms with van der Waals surface area (Å²) in [6, 6.07) is 95.4. The zero-order valence-corrected chi connectivity index (χ0v) is 40.2. The number of nitrogens with zero attached hydrogens (tertiary/aromatic N) is 4. The third-order valence-corrected chi connectivity index (χ3v) is 15.1. The minimum atomic E-state index is -0.160. The fourth-order valence-corrected chi connectivity index (χ4v) is 12.1. The van der Waals surface area contributed by atoms with E-state index in [-0.39, 0.29) is 13.4 Å². The smallest absolute Gasteiger partial charge is 0.256 e. The van der Waals surface area contributed by atoms with Gasteiger partial charge in [0.05, 0.1) is 11.4 Å². The number of anilines is 12. The molecular weight excluding hydrogens is 902 g/mol. The number of hydrogen-bond donors (Lipinski definition) is 0. The van der Waals surface area contributed by atoms with Crippen LogP contribution in [-0.2, 0) is 0 Å². The summed E-state index contributed by atoms with van der Waals surface area (Å²) in [7, 11) is 0. The van der Waals surface area contributed by atoms with Crippen molar-refractivity contribution in [1.82, 2.24) is 0 Å². The highest BCUT2D eigenvalue weighted by Gasteiger charge is 2.48. The summed E-state index contributed by atoms with van der Waals surface area (Å²) < 4.78 is 15.3. The minimum Gasteiger partial charge on any atom is -0.454 e. The lowest BCUT2D eigenvalue weighted by Gasteiger charge is -2.43. The first-order valence-electron chi connectivity index (χ1n) is 25.3. The topological polar surface area (TPSA) is 31.4 Å². The first-order chi connectivity index (χ1) is 36.7. The number of benzene rings is 11. The van der Waals surface area contributed by atoms with Crippen LogP contribution in [0, 0.1) is 0 Å². The maximum atomic E-state index is 7.64. The Kier molecular flexibility index (Phi) is 9.67. The summed E-state index contributed by atoms with van der Waals surface area (Å²) in [6.07, 6.45) is 0. The Bertz CT molecular complexity index is 3610. The van der Waals surface area contributed by atoms with Crippen molar-refractivity contribution in [1.29, 1.82) is 0 Å². The number of hydrogen-bond acceptors (Lipinski definition) is 6. The SMILES string of the molecule is c1ccc(N(c2ccccc2)c2cc3c4c(c2)N(c2ccccc2)c2ccccc2B4c2ccc4c(c2O3)Oc2cc(N(c3ccccc3)c3ccccc3)cc3c2B4c2ccccc2N3c2ccccc2)cc1. The van der Waals surface area contributed by atoms with Gasteiger partial charge in [0.2, 0.25) is 0 Å². The fraction of sp³-hybridized carbons (Fsp3) is 0. The van der Waals surface area contributed by atoms with Gasteiger partial charge in [0.15, 0.2) is 11.5 Å². The normalized spacial score (nSPS) is 13.0. The van der Waals surface area contributed by atoms with Crippen LogP contribution < -0.4 is 61.9 Å². The second kappa shape index (κ2) is 17.0. The van der Waals surface area contributed by atoms with E-state index in [1.807, 2.05) is 0 Å². The highest BCUT2D eigenvalue weighted by atomic mass is 16.5. The molecule has 6 nitrogen and oxygen atoms in total. The van der Waals surface area contributed by atoms with Gasteiger partial charge in [0.1, 0.15) is 11.5 Å². The molecule has 0 amide bonds. The van der Waals surface area contributed by atoms with Gasteiger partial charge in [-0.3, -0.25) is 0 Å². The molecule has 0 saturated carbocycles. The van der Waals surface area contributed by atoms with E-state index < -0.39 is 0 Å². The van der Waals surface area contributed by atoms with Crippen LogP contribution in [-0.4, -0.2) is 13.4 Å². The summed E-state index contributed by atoms with van der Waals surface area (Å²) in [5, 5.41) is 0. The molecule has 4 heterocycles. The van der Waals surface area contributed by atoms with Gasteiger partial charge in [-0.2, -0.15) is 0 Å². The quantitative estimate of drug-likeness (QED) is 0.141. The second-order valence-corrected chi connectivity index (χ2v) is 19.2. The Labute approximate surface area is 431 Å². The van der Waals surface area contributed by atoms with Crippen molar-refractivity contribution in [3.05, 3.63) is 267 Å². The predicted molar refractivity (Wildman–Crippen MR) is 308 cm³/mol. The monoisotopic (exact) mass is 946 g/mol. The van der Waals surface area contributed by atoms with E-state index in [1.165, 1.54) is 10.9 Å². The molecule has 4 aliphatic heterocycles. The van der Waals surface area contributed by atoms with Crippen LogP contribution >= 0.6 is 0 Å². The molecule has 4 aliphatic rings. The van der Waals surface area contributed by atoms with Crippen molar-refractivity contribution in [3.8, 4) is 23.0 Å². The van der Waals surface area contributed by atoms with Crippen LogP contribution in [0.5, 0.6) is 23.0 Å². The van der Waals surface area contributed by atoms with Gasteiger partial charge in [-0.15, -0.1) is 0 Å². The molecule has 0 fully saturated rings. The molecule has 11 aromatic rings. The molecule has 0 aromatic heterocycles. The number of ether oxygens (including phenoxy) is 2. The Morgan fingerprint density at radius 3 is 0.932 bits per heavy atom. The van der Waals surface area contributed by atoms with Gasteiger partial charge in [0, 0.05) is 69.0 Å². The molecule has 0 N–H and O–H groups in total. The van der Waals surface area contributed by atoms with Crippen LogP contribution in [0.1, 0.15) is 0 Å². The molecular formula is C66H44B2N4O2. The summed E-state index contributed by atoms with van der Waals surface area (Å²) in [6.45, 7) is -0.321. The van der Waals surface area contributed by atoms with Gasteiger partial charge < -0.3 is 29.1 Å². The van der Waals surface area contributed by atoms with Gasteiger partial charge in [-0.05, 0) is 130 Å². The van der Waals surface area contributed by atoms with E-state index in [9.17, 15) is 0 Å². The first-order valence-corrected chi connectivity index (χ1v) is 25.3. The average Bonchev–Trinajstić information content (AvgIpc) is 3.51.